The van der Waals surface area contributed by atoms with Crippen LogP contribution in [0.5, 0.6) is 5.75 Å². The normalized spacial score (nSPS) is 14.6. The Hall–Kier alpha value is -3.39. The van der Waals surface area contributed by atoms with Crippen LogP contribution in [0, 0.1) is 0 Å². The van der Waals surface area contributed by atoms with Crippen LogP contribution in [0.15, 0.2) is 72.8 Å². The van der Waals surface area contributed by atoms with E-state index in [0.717, 1.165) is 48.3 Å². The number of aromatic nitrogens is 1. The van der Waals surface area contributed by atoms with Crippen LogP contribution < -0.4 is 4.74 Å². The number of para-hydroxylation sites is 2. The number of likely N-dealkylation sites (tertiary alicyclic amines) is 1. The second-order valence-corrected chi connectivity index (χ2v) is 10.4. The Bertz CT molecular complexity index is 1310. The molecule has 1 fully saturated rings. The minimum absolute atomic E-state index is 0.120. The maximum atomic E-state index is 11.7. The van der Waals surface area contributed by atoms with Crippen molar-refractivity contribution in [2.24, 2.45) is 0 Å². The zero-order valence-electron chi connectivity index (χ0n) is 22.5. The summed E-state index contributed by atoms with van der Waals surface area (Å²) in [5, 5.41) is 23.0. The van der Waals surface area contributed by atoms with Crippen molar-refractivity contribution in [3.8, 4) is 5.75 Å². The molecule has 2 N–H and O–H groups in total. The maximum Gasteiger partial charge on any atom is 0.222 e. The van der Waals surface area contributed by atoms with Gasteiger partial charge < -0.3 is 24.4 Å². The number of aliphatic hydroxyl groups is 2. The highest BCUT2D eigenvalue weighted by Gasteiger charge is 2.19. The van der Waals surface area contributed by atoms with Crippen LogP contribution in [0.4, 0.5) is 0 Å². The van der Waals surface area contributed by atoms with E-state index < -0.39 is 6.10 Å². The van der Waals surface area contributed by atoms with Crippen LogP contribution in [0.1, 0.15) is 31.2 Å². The van der Waals surface area contributed by atoms with Crippen molar-refractivity contribution in [1.29, 1.82) is 0 Å². The molecule has 7 heteroatoms. The molecular formula is C32H39N3O4. The van der Waals surface area contributed by atoms with Crippen LogP contribution >= 0.6 is 0 Å². The number of rotatable bonds is 14. The molecule has 0 aliphatic carbocycles. The number of nitrogens with zero attached hydrogens (tertiary/aromatic N) is 3. The Morgan fingerprint density at radius 2 is 1.62 bits per heavy atom. The van der Waals surface area contributed by atoms with Gasteiger partial charge in [-0.25, -0.2) is 0 Å². The number of fused-ring (bicyclic) bond motifs is 3. The number of hydrogen-bond acceptors (Lipinski definition) is 5. The summed E-state index contributed by atoms with van der Waals surface area (Å²) in [7, 11) is 0. The van der Waals surface area contributed by atoms with Gasteiger partial charge in [0.05, 0.1) is 19.3 Å². The van der Waals surface area contributed by atoms with Gasteiger partial charge in [0, 0.05) is 67.6 Å². The standard InChI is InChI=1S/C32H39N3O4/c36-20-6-17-33(22-25-13-15-27(16-14-25)39-21-7-19-34-18-5-12-32(34)38)23-26(37)24-35-30-10-3-1-8-28(30)29-9-2-4-11-31(29)35/h1-4,8-11,13-16,26,36-37H,5-7,12,17-24H2/t26-/m0/s1. The summed E-state index contributed by atoms with van der Waals surface area (Å²) in [5.41, 5.74) is 3.39. The van der Waals surface area contributed by atoms with Gasteiger partial charge in [0.15, 0.2) is 0 Å². The molecular weight excluding hydrogens is 490 g/mol. The average molecular weight is 530 g/mol. The fourth-order valence-corrected chi connectivity index (χ4v) is 5.63. The molecule has 0 spiro atoms. The first-order valence-corrected chi connectivity index (χ1v) is 14.1. The van der Waals surface area contributed by atoms with Gasteiger partial charge in [-0.05, 0) is 49.1 Å². The first-order chi connectivity index (χ1) is 19.1. The summed E-state index contributed by atoms with van der Waals surface area (Å²) >= 11 is 0. The van der Waals surface area contributed by atoms with Crippen molar-refractivity contribution in [2.75, 3.05) is 39.4 Å². The third-order valence-corrected chi connectivity index (χ3v) is 7.52. The molecule has 3 aromatic carbocycles. The predicted octanol–water partition coefficient (Wildman–Crippen LogP) is 4.43. The Morgan fingerprint density at radius 1 is 0.923 bits per heavy atom. The summed E-state index contributed by atoms with van der Waals surface area (Å²) in [6, 6.07) is 24.8. The zero-order valence-corrected chi connectivity index (χ0v) is 22.5. The van der Waals surface area contributed by atoms with Crippen LogP contribution in [-0.4, -0.2) is 76.0 Å². The van der Waals surface area contributed by atoms with Gasteiger partial charge in [0.1, 0.15) is 5.75 Å². The molecule has 0 unspecified atom stereocenters. The van der Waals surface area contributed by atoms with E-state index >= 15 is 0 Å². The lowest BCUT2D eigenvalue weighted by atomic mass is 10.2. The van der Waals surface area contributed by atoms with Crippen LogP contribution in [0.2, 0.25) is 0 Å². The van der Waals surface area contributed by atoms with Crippen molar-refractivity contribution in [3.63, 3.8) is 0 Å². The molecule has 5 rings (SSSR count). The topological polar surface area (TPSA) is 78.2 Å². The first kappa shape index (κ1) is 27.2. The largest absolute Gasteiger partial charge is 0.494 e. The summed E-state index contributed by atoms with van der Waals surface area (Å²) < 4.78 is 8.11. The number of amides is 1. The lowest BCUT2D eigenvalue weighted by Gasteiger charge is -2.26. The number of benzene rings is 3. The summed E-state index contributed by atoms with van der Waals surface area (Å²) in [4.78, 5) is 15.9. The van der Waals surface area contributed by atoms with E-state index in [1.54, 1.807) is 0 Å². The molecule has 0 radical (unpaired) electrons. The highest BCUT2D eigenvalue weighted by Crippen LogP contribution is 2.29. The summed E-state index contributed by atoms with van der Waals surface area (Å²) in [6.07, 6.45) is 2.56. The van der Waals surface area contributed by atoms with Crippen LogP contribution in [0.25, 0.3) is 21.8 Å². The van der Waals surface area contributed by atoms with Crippen LogP contribution in [-0.2, 0) is 17.9 Å². The van der Waals surface area contributed by atoms with E-state index in [0.29, 0.717) is 45.6 Å². The SMILES string of the molecule is O=C1CCCN1CCCOc1ccc(CN(CCCO)C[C@H](O)Cn2c3ccccc3c3ccccc32)cc1. The van der Waals surface area contributed by atoms with Gasteiger partial charge in [-0.2, -0.15) is 0 Å². The van der Waals surface area contributed by atoms with Gasteiger partial charge >= 0.3 is 0 Å². The Morgan fingerprint density at radius 3 is 2.26 bits per heavy atom. The lowest BCUT2D eigenvalue weighted by Crippen LogP contribution is -2.35. The highest BCUT2D eigenvalue weighted by atomic mass is 16.5. The number of carbonyl (C=O) groups excluding carboxylic acids is 1. The van der Waals surface area contributed by atoms with E-state index in [1.807, 2.05) is 29.2 Å². The van der Waals surface area contributed by atoms with Crippen molar-refractivity contribution in [2.45, 2.75) is 44.9 Å². The zero-order chi connectivity index (χ0) is 27.0. The predicted molar refractivity (Wildman–Crippen MR) is 155 cm³/mol. The van der Waals surface area contributed by atoms with E-state index in [2.05, 4.69) is 58.0 Å². The van der Waals surface area contributed by atoms with Crippen LogP contribution in [0.3, 0.4) is 0 Å². The quantitative estimate of drug-likeness (QED) is 0.236. The fraction of sp³-hybridized carbons (Fsp3) is 0.406. The molecule has 0 bridgehead atoms. The van der Waals surface area contributed by atoms with Gasteiger partial charge in [0.2, 0.25) is 5.91 Å². The van der Waals surface area contributed by atoms with Gasteiger partial charge in [0.25, 0.3) is 0 Å². The van der Waals surface area contributed by atoms with Gasteiger partial charge in [-0.1, -0.05) is 48.5 Å². The van der Waals surface area contributed by atoms with E-state index in [9.17, 15) is 15.0 Å². The van der Waals surface area contributed by atoms with Gasteiger partial charge in [-0.3, -0.25) is 9.69 Å². The molecule has 7 nitrogen and oxygen atoms in total. The number of carbonyl (C=O) groups is 1. The molecule has 4 aromatic rings. The third-order valence-electron chi connectivity index (χ3n) is 7.52. The minimum Gasteiger partial charge on any atom is -0.494 e. The van der Waals surface area contributed by atoms with Crippen molar-refractivity contribution < 1.29 is 19.7 Å². The van der Waals surface area contributed by atoms with E-state index in [-0.39, 0.29) is 12.5 Å². The number of hydrogen-bond donors (Lipinski definition) is 2. The molecule has 2 heterocycles. The molecule has 1 aliphatic rings. The molecule has 1 amide bonds. The minimum atomic E-state index is -0.562. The van der Waals surface area contributed by atoms with Crippen molar-refractivity contribution in [3.05, 3.63) is 78.4 Å². The van der Waals surface area contributed by atoms with E-state index in [4.69, 9.17) is 4.74 Å². The molecule has 1 aliphatic heterocycles. The molecule has 0 saturated carbocycles. The molecule has 206 valence electrons. The lowest BCUT2D eigenvalue weighted by molar-refractivity contribution is -0.127. The second-order valence-electron chi connectivity index (χ2n) is 10.4. The molecule has 1 saturated heterocycles. The van der Waals surface area contributed by atoms with Gasteiger partial charge in [-0.15, -0.1) is 0 Å². The number of aliphatic hydroxyl groups excluding tert-OH is 2. The Balaban J connectivity index is 1.17. The smallest absolute Gasteiger partial charge is 0.222 e. The Kier molecular flexibility index (Phi) is 9.14. The Labute approximate surface area is 230 Å². The fourth-order valence-electron chi connectivity index (χ4n) is 5.63. The average Bonchev–Trinajstić information content (AvgIpc) is 3.51. The summed E-state index contributed by atoms with van der Waals surface area (Å²) in [6.45, 7) is 4.72. The monoisotopic (exact) mass is 529 g/mol. The second kappa shape index (κ2) is 13.1. The first-order valence-electron chi connectivity index (χ1n) is 14.1. The summed E-state index contributed by atoms with van der Waals surface area (Å²) in [5.74, 6) is 1.07. The molecule has 39 heavy (non-hydrogen) atoms. The maximum absolute atomic E-state index is 11.7. The molecule has 1 atom stereocenters. The molecule has 1 aromatic heterocycles. The van der Waals surface area contributed by atoms with E-state index in [1.165, 1.54) is 10.8 Å². The highest BCUT2D eigenvalue weighted by molar-refractivity contribution is 6.07. The van der Waals surface area contributed by atoms with Crippen molar-refractivity contribution in [1.82, 2.24) is 14.4 Å². The number of ether oxygens (including phenoxy) is 1. The van der Waals surface area contributed by atoms with Crippen molar-refractivity contribution >= 4 is 27.7 Å². The third kappa shape index (κ3) is 6.79.